The van der Waals surface area contributed by atoms with Gasteiger partial charge in [-0.15, -0.1) is 0 Å². The molecule has 3 aromatic rings. The summed E-state index contributed by atoms with van der Waals surface area (Å²) in [6.45, 7) is 3.81. The molecule has 1 atom stereocenters. The Morgan fingerprint density at radius 1 is 1.26 bits per heavy atom. The minimum atomic E-state index is -0.703. The molecule has 8 nitrogen and oxygen atoms in total. The molecule has 1 unspecified atom stereocenters. The highest BCUT2D eigenvalue weighted by atomic mass is 35.5. The Morgan fingerprint density at radius 3 is 2.66 bits per heavy atom. The molecule has 0 N–H and O–H groups in total. The van der Waals surface area contributed by atoms with Gasteiger partial charge in [-0.2, -0.15) is 0 Å². The van der Waals surface area contributed by atoms with Gasteiger partial charge in [0.1, 0.15) is 5.75 Å². The topological polar surface area (TPSA) is 88.4 Å². The number of fused-ring (bicyclic) bond motifs is 2. The van der Waals surface area contributed by atoms with Crippen LogP contribution in [-0.2, 0) is 9.53 Å². The summed E-state index contributed by atoms with van der Waals surface area (Å²) in [6.07, 6.45) is 1.70. The van der Waals surface area contributed by atoms with Crippen LogP contribution >= 0.6 is 22.9 Å². The summed E-state index contributed by atoms with van der Waals surface area (Å²) in [6, 6.07) is 9.92. The number of thiazole rings is 1. The highest BCUT2D eigenvalue weighted by Gasteiger charge is 2.33. The summed E-state index contributed by atoms with van der Waals surface area (Å²) in [5.41, 5.74) is 1.87. The lowest BCUT2D eigenvalue weighted by Gasteiger charge is -2.24. The molecule has 2 aliphatic heterocycles. The van der Waals surface area contributed by atoms with Crippen LogP contribution in [0.25, 0.3) is 6.08 Å². The fourth-order valence-corrected chi connectivity index (χ4v) is 5.32. The van der Waals surface area contributed by atoms with E-state index in [1.165, 1.54) is 15.9 Å². The number of hydrogen-bond donors (Lipinski definition) is 0. The van der Waals surface area contributed by atoms with Crippen molar-refractivity contribution in [3.05, 3.63) is 83.5 Å². The molecule has 2 aromatic carbocycles. The first-order chi connectivity index (χ1) is 16.9. The van der Waals surface area contributed by atoms with E-state index >= 15 is 0 Å². The Labute approximate surface area is 209 Å². The van der Waals surface area contributed by atoms with E-state index in [1.54, 1.807) is 51.3 Å². The number of aromatic nitrogens is 1. The fourth-order valence-electron chi connectivity index (χ4n) is 4.08. The predicted molar refractivity (Wildman–Crippen MR) is 131 cm³/mol. The molecule has 0 saturated carbocycles. The average Bonchev–Trinajstić information content (AvgIpc) is 3.42. The van der Waals surface area contributed by atoms with Gasteiger partial charge in [-0.3, -0.25) is 9.36 Å². The number of nitrogens with zero attached hydrogens (tertiary/aromatic N) is 2. The minimum absolute atomic E-state index is 0.120. The maximum absolute atomic E-state index is 13.7. The van der Waals surface area contributed by atoms with Gasteiger partial charge < -0.3 is 18.9 Å². The van der Waals surface area contributed by atoms with Gasteiger partial charge in [0.2, 0.25) is 6.79 Å². The van der Waals surface area contributed by atoms with Crippen molar-refractivity contribution in [1.29, 1.82) is 0 Å². The van der Waals surface area contributed by atoms with E-state index in [9.17, 15) is 9.59 Å². The highest BCUT2D eigenvalue weighted by Crippen LogP contribution is 2.37. The second-order valence-corrected chi connectivity index (χ2v) is 9.22. The average molecular weight is 513 g/mol. The van der Waals surface area contributed by atoms with Crippen LogP contribution in [0.1, 0.15) is 31.0 Å². The molecule has 0 saturated heterocycles. The molecule has 0 bridgehead atoms. The van der Waals surface area contributed by atoms with Gasteiger partial charge in [-0.05, 0) is 49.2 Å². The number of carbonyl (C=O) groups excluding carboxylic acids is 1. The molecule has 1 aromatic heterocycles. The quantitative estimate of drug-likeness (QED) is 0.488. The Morgan fingerprint density at radius 2 is 1.97 bits per heavy atom. The largest absolute Gasteiger partial charge is 0.497 e. The van der Waals surface area contributed by atoms with E-state index in [4.69, 9.17) is 30.5 Å². The molecular weight excluding hydrogens is 492 g/mol. The number of halogens is 1. The third-order valence-corrected chi connectivity index (χ3v) is 7.04. The molecule has 10 heteroatoms. The number of hydrogen-bond acceptors (Lipinski definition) is 8. The number of ether oxygens (including phenoxy) is 4. The van der Waals surface area contributed by atoms with Crippen molar-refractivity contribution in [3.63, 3.8) is 0 Å². The monoisotopic (exact) mass is 512 g/mol. The number of benzene rings is 2. The van der Waals surface area contributed by atoms with Gasteiger partial charge >= 0.3 is 5.97 Å². The maximum atomic E-state index is 13.7. The molecule has 3 heterocycles. The zero-order valence-electron chi connectivity index (χ0n) is 19.2. The van der Waals surface area contributed by atoms with Gasteiger partial charge in [0.05, 0.1) is 40.6 Å². The molecule has 0 aliphatic carbocycles. The van der Waals surface area contributed by atoms with E-state index in [0.29, 0.717) is 48.4 Å². The smallest absolute Gasteiger partial charge is 0.338 e. The van der Waals surface area contributed by atoms with Crippen molar-refractivity contribution >= 4 is 35.0 Å². The number of carbonyl (C=O) groups is 1. The van der Waals surface area contributed by atoms with E-state index in [0.717, 1.165) is 5.56 Å². The van der Waals surface area contributed by atoms with Gasteiger partial charge in [-0.1, -0.05) is 35.1 Å². The lowest BCUT2D eigenvalue weighted by Crippen LogP contribution is -2.39. The zero-order valence-corrected chi connectivity index (χ0v) is 20.7. The van der Waals surface area contributed by atoms with Crippen LogP contribution < -0.4 is 29.1 Å². The number of esters is 1. The van der Waals surface area contributed by atoms with Crippen LogP contribution in [0.3, 0.4) is 0 Å². The fraction of sp³-hybridized carbons (Fsp3) is 0.240. The lowest BCUT2D eigenvalue weighted by molar-refractivity contribution is -0.139. The lowest BCUT2D eigenvalue weighted by atomic mass is 9.96. The standard InChI is InChI=1S/C25H21ClN2O6S/c1-4-32-24(30)21-13(2)27-25-28(22(21)14-5-7-16(31-3)8-6-14)23(29)20(35-25)10-15-9-18-19(11-17(15)26)34-12-33-18/h5-11,22H,4,12H2,1-3H3/b20-10+. The zero-order chi connectivity index (χ0) is 24.7. The summed E-state index contributed by atoms with van der Waals surface area (Å²) in [4.78, 5) is 31.7. The second kappa shape index (κ2) is 9.24. The van der Waals surface area contributed by atoms with Crippen LogP contribution in [0.5, 0.6) is 17.2 Å². The van der Waals surface area contributed by atoms with E-state index < -0.39 is 12.0 Å². The molecule has 2 aliphatic rings. The van der Waals surface area contributed by atoms with Crippen molar-refractivity contribution < 1.29 is 23.7 Å². The molecule has 5 rings (SSSR count). The summed E-state index contributed by atoms with van der Waals surface area (Å²) >= 11 is 7.66. The molecule has 180 valence electrons. The number of rotatable bonds is 5. The Bertz CT molecular complexity index is 1540. The molecule has 0 fully saturated rings. The van der Waals surface area contributed by atoms with Gasteiger partial charge in [0, 0.05) is 6.07 Å². The van der Waals surface area contributed by atoms with Crippen molar-refractivity contribution in [1.82, 2.24) is 4.57 Å². The van der Waals surface area contributed by atoms with Crippen molar-refractivity contribution in [2.75, 3.05) is 20.5 Å². The van der Waals surface area contributed by atoms with Crippen LogP contribution in [-0.4, -0.2) is 31.0 Å². The van der Waals surface area contributed by atoms with Crippen LogP contribution in [0, 0.1) is 0 Å². The predicted octanol–water partition coefficient (Wildman–Crippen LogP) is 3.19. The van der Waals surface area contributed by atoms with Gasteiger partial charge in [0.25, 0.3) is 5.56 Å². The SMILES string of the molecule is CCOC(=O)C1=C(C)N=c2s/c(=C/c3cc4c(cc3Cl)OCO4)c(=O)n2C1c1ccc(OC)cc1. The Balaban J connectivity index is 1.70. The third kappa shape index (κ3) is 4.11. The molecular formula is C25H21ClN2O6S. The number of allylic oxidation sites excluding steroid dienone is 1. The summed E-state index contributed by atoms with van der Waals surface area (Å²) < 4.78 is 23.3. The van der Waals surface area contributed by atoms with Crippen molar-refractivity contribution in [2.45, 2.75) is 19.9 Å². The molecule has 0 spiro atoms. The van der Waals surface area contributed by atoms with Crippen molar-refractivity contribution in [2.24, 2.45) is 4.99 Å². The number of methoxy groups -OCH3 is 1. The first-order valence-corrected chi connectivity index (χ1v) is 12.0. The highest BCUT2D eigenvalue weighted by molar-refractivity contribution is 7.07. The van der Waals surface area contributed by atoms with Crippen LogP contribution in [0.15, 0.2) is 57.5 Å². The van der Waals surface area contributed by atoms with Gasteiger partial charge in [0.15, 0.2) is 16.3 Å². The minimum Gasteiger partial charge on any atom is -0.497 e. The Hall–Kier alpha value is -3.56. The van der Waals surface area contributed by atoms with E-state index in [1.807, 2.05) is 12.1 Å². The maximum Gasteiger partial charge on any atom is 0.338 e. The van der Waals surface area contributed by atoms with Crippen LogP contribution in [0.4, 0.5) is 0 Å². The van der Waals surface area contributed by atoms with E-state index in [-0.39, 0.29) is 19.0 Å². The third-order valence-electron chi connectivity index (χ3n) is 5.73. The normalized spacial score (nSPS) is 16.7. The summed E-state index contributed by atoms with van der Waals surface area (Å²) in [5.74, 6) is 1.27. The molecule has 0 amide bonds. The molecule has 35 heavy (non-hydrogen) atoms. The first-order valence-electron chi connectivity index (χ1n) is 10.8. The summed E-state index contributed by atoms with van der Waals surface area (Å²) in [7, 11) is 1.58. The van der Waals surface area contributed by atoms with Crippen molar-refractivity contribution in [3.8, 4) is 17.2 Å². The second-order valence-electron chi connectivity index (χ2n) is 7.80. The molecule has 0 radical (unpaired) electrons. The van der Waals surface area contributed by atoms with Crippen LogP contribution in [0.2, 0.25) is 5.02 Å². The first kappa shape index (κ1) is 23.2. The van der Waals surface area contributed by atoms with Gasteiger partial charge in [-0.25, -0.2) is 9.79 Å². The Kier molecular flexibility index (Phi) is 6.12. The summed E-state index contributed by atoms with van der Waals surface area (Å²) in [5, 5.41) is 0.426. The van der Waals surface area contributed by atoms with E-state index in [2.05, 4.69) is 4.99 Å².